The predicted molar refractivity (Wildman–Crippen MR) is 145 cm³/mol. The SMILES string of the molecule is C.C.C=C(C)C(=O)OCCOOCCSCC(C)(C)C(=O)OCCCCCCCCCCCC. The monoisotopic (exact) mass is 506 g/mol. The molecule has 0 aromatic rings. The van der Waals surface area contributed by atoms with Crippen molar-refractivity contribution in [2.45, 2.75) is 107 Å². The van der Waals surface area contributed by atoms with Gasteiger partial charge in [-0.05, 0) is 27.2 Å². The van der Waals surface area contributed by atoms with Crippen LogP contribution in [0.4, 0.5) is 0 Å². The molecule has 0 saturated carbocycles. The Morgan fingerprint density at radius 1 is 0.765 bits per heavy atom. The molecule has 0 N–H and O–H groups in total. The first-order valence-electron chi connectivity index (χ1n) is 12.1. The lowest BCUT2D eigenvalue weighted by atomic mass is 9.97. The molecule has 0 spiro atoms. The number of ether oxygens (including phenoxy) is 2. The third-order valence-electron chi connectivity index (χ3n) is 4.89. The van der Waals surface area contributed by atoms with Gasteiger partial charge in [0.05, 0.1) is 18.6 Å². The highest BCUT2D eigenvalue weighted by Gasteiger charge is 2.29. The van der Waals surface area contributed by atoms with Gasteiger partial charge in [0.15, 0.2) is 0 Å². The predicted octanol–water partition coefficient (Wildman–Crippen LogP) is 7.55. The van der Waals surface area contributed by atoms with Gasteiger partial charge in [-0.2, -0.15) is 11.8 Å². The van der Waals surface area contributed by atoms with E-state index in [1.165, 1.54) is 51.4 Å². The second-order valence-electron chi connectivity index (χ2n) is 8.81. The maximum atomic E-state index is 12.3. The second kappa shape index (κ2) is 25.1. The lowest BCUT2D eigenvalue weighted by Gasteiger charge is -2.22. The van der Waals surface area contributed by atoms with E-state index in [9.17, 15) is 9.59 Å². The maximum absolute atomic E-state index is 12.3. The van der Waals surface area contributed by atoms with Crippen LogP contribution in [0.3, 0.4) is 0 Å². The molecule has 0 aliphatic carbocycles. The van der Waals surface area contributed by atoms with Crippen molar-refractivity contribution in [1.82, 2.24) is 0 Å². The highest BCUT2D eigenvalue weighted by atomic mass is 32.2. The Hall–Kier alpha value is -1.05. The zero-order valence-electron chi connectivity index (χ0n) is 20.9. The molecule has 6 nitrogen and oxygen atoms in total. The summed E-state index contributed by atoms with van der Waals surface area (Å²) >= 11 is 1.62. The number of thioether (sulfide) groups is 1. The molecule has 0 aliphatic rings. The Bertz CT molecular complexity index is 507. The van der Waals surface area contributed by atoms with Crippen molar-refractivity contribution in [1.29, 1.82) is 0 Å². The minimum Gasteiger partial charge on any atom is -0.465 e. The van der Waals surface area contributed by atoms with E-state index in [-0.39, 0.29) is 34.0 Å². The van der Waals surface area contributed by atoms with Gasteiger partial charge >= 0.3 is 11.9 Å². The van der Waals surface area contributed by atoms with Gasteiger partial charge in [0.1, 0.15) is 13.2 Å². The van der Waals surface area contributed by atoms with E-state index in [0.29, 0.717) is 30.3 Å². The third-order valence-corrected chi connectivity index (χ3v) is 6.27. The fourth-order valence-corrected chi connectivity index (χ4v) is 3.80. The molecule has 0 atom stereocenters. The minimum absolute atomic E-state index is 0. The zero-order valence-corrected chi connectivity index (χ0v) is 21.7. The number of carbonyl (C=O) groups is 2. The van der Waals surface area contributed by atoms with E-state index in [0.717, 1.165) is 12.8 Å². The van der Waals surface area contributed by atoms with Crippen LogP contribution < -0.4 is 0 Å². The summed E-state index contributed by atoms with van der Waals surface area (Å²) in [6.45, 7) is 12.3. The topological polar surface area (TPSA) is 71.1 Å². The fourth-order valence-electron chi connectivity index (χ4n) is 2.84. The molecule has 0 rings (SSSR count). The highest BCUT2D eigenvalue weighted by Crippen LogP contribution is 2.23. The van der Waals surface area contributed by atoms with E-state index in [1.54, 1.807) is 18.7 Å². The van der Waals surface area contributed by atoms with Gasteiger partial charge in [-0.1, -0.05) is 86.1 Å². The lowest BCUT2D eigenvalue weighted by Crippen LogP contribution is -2.29. The van der Waals surface area contributed by atoms with Gasteiger partial charge in [0.25, 0.3) is 0 Å². The van der Waals surface area contributed by atoms with Crippen LogP contribution >= 0.6 is 11.8 Å². The van der Waals surface area contributed by atoms with E-state index in [2.05, 4.69) is 13.5 Å². The molecule has 0 aliphatic heterocycles. The minimum atomic E-state index is -0.527. The first-order valence-corrected chi connectivity index (χ1v) is 13.3. The molecule has 7 heteroatoms. The number of rotatable bonds is 22. The fraction of sp³-hybridized carbons (Fsp3) is 0.852. The van der Waals surface area contributed by atoms with E-state index >= 15 is 0 Å². The van der Waals surface area contributed by atoms with Crippen molar-refractivity contribution < 1.29 is 28.8 Å². The van der Waals surface area contributed by atoms with Crippen LogP contribution in [0.1, 0.15) is 107 Å². The molecule has 0 aromatic carbocycles. The van der Waals surface area contributed by atoms with Crippen molar-refractivity contribution in [2.75, 3.05) is 37.9 Å². The molecule has 0 heterocycles. The van der Waals surface area contributed by atoms with Gasteiger partial charge in [-0.25, -0.2) is 14.6 Å². The molecule has 0 amide bonds. The summed E-state index contributed by atoms with van der Waals surface area (Å²) in [5.74, 6) is 0.772. The summed E-state index contributed by atoms with van der Waals surface area (Å²) in [6, 6.07) is 0. The molecule has 0 saturated heterocycles. The Morgan fingerprint density at radius 2 is 1.29 bits per heavy atom. The van der Waals surface area contributed by atoms with Crippen molar-refractivity contribution in [3.8, 4) is 0 Å². The average Bonchev–Trinajstić information content (AvgIpc) is 2.75. The second-order valence-corrected chi connectivity index (χ2v) is 9.92. The normalized spacial score (nSPS) is 10.7. The van der Waals surface area contributed by atoms with Crippen molar-refractivity contribution >= 4 is 23.7 Å². The first kappa shape index (κ1) is 37.5. The van der Waals surface area contributed by atoms with Crippen LogP contribution in [0.25, 0.3) is 0 Å². The summed E-state index contributed by atoms with van der Waals surface area (Å²) in [5.41, 5.74) is -0.173. The van der Waals surface area contributed by atoms with Crippen molar-refractivity contribution in [3.05, 3.63) is 12.2 Å². The molecular weight excluding hydrogens is 452 g/mol. The Labute approximate surface area is 214 Å². The number of hydrogen-bond donors (Lipinski definition) is 0. The number of carbonyl (C=O) groups excluding carboxylic acids is 2. The number of unbranched alkanes of at least 4 members (excludes halogenated alkanes) is 9. The summed E-state index contributed by atoms with van der Waals surface area (Å²) in [7, 11) is 0. The average molecular weight is 507 g/mol. The lowest BCUT2D eigenvalue weighted by molar-refractivity contribution is -0.294. The maximum Gasteiger partial charge on any atom is 0.333 e. The molecule has 34 heavy (non-hydrogen) atoms. The summed E-state index contributed by atoms with van der Waals surface area (Å²) < 4.78 is 10.4. The van der Waals surface area contributed by atoms with E-state index in [1.807, 2.05) is 13.8 Å². The van der Waals surface area contributed by atoms with E-state index in [4.69, 9.17) is 19.2 Å². The number of hydrogen-bond acceptors (Lipinski definition) is 7. The number of esters is 2. The van der Waals surface area contributed by atoms with Gasteiger partial charge in [0, 0.05) is 17.1 Å². The van der Waals surface area contributed by atoms with Crippen LogP contribution in [0.2, 0.25) is 0 Å². The van der Waals surface area contributed by atoms with Gasteiger partial charge < -0.3 is 9.47 Å². The van der Waals surface area contributed by atoms with Crippen molar-refractivity contribution in [2.24, 2.45) is 5.41 Å². The zero-order chi connectivity index (χ0) is 24.1. The van der Waals surface area contributed by atoms with Gasteiger partial charge in [0.2, 0.25) is 0 Å². The molecule has 0 bridgehead atoms. The third kappa shape index (κ3) is 22.7. The van der Waals surface area contributed by atoms with Crippen LogP contribution in [0.15, 0.2) is 12.2 Å². The van der Waals surface area contributed by atoms with Gasteiger partial charge in [-0.3, -0.25) is 4.79 Å². The summed E-state index contributed by atoms with van der Waals surface area (Å²) in [6.07, 6.45) is 12.7. The van der Waals surface area contributed by atoms with Gasteiger partial charge in [-0.15, -0.1) is 0 Å². The molecule has 0 unspecified atom stereocenters. The largest absolute Gasteiger partial charge is 0.465 e. The Balaban J connectivity index is -0.00000480. The Kier molecular flexibility index (Phi) is 27.6. The molecule has 0 fully saturated rings. The highest BCUT2D eigenvalue weighted by molar-refractivity contribution is 7.99. The molecular formula is C27H54O6S. The smallest absolute Gasteiger partial charge is 0.333 e. The standard InChI is InChI=1S/C25H46O6S.2CH4/c1-6-7-8-9-10-11-12-13-14-15-16-29-24(27)25(4,5)21-32-20-19-31-30-18-17-28-23(26)22(2)3;;/h2,6-21H2,1,3-5H3;2*1H4. The van der Waals surface area contributed by atoms with Crippen LogP contribution in [0, 0.1) is 5.41 Å². The van der Waals surface area contributed by atoms with Crippen LogP contribution in [-0.2, 0) is 28.8 Å². The van der Waals surface area contributed by atoms with Crippen LogP contribution in [0.5, 0.6) is 0 Å². The summed E-state index contributed by atoms with van der Waals surface area (Å²) in [5, 5.41) is 0. The quantitative estimate of drug-likeness (QED) is 0.0493. The first-order chi connectivity index (χ1) is 15.3. The summed E-state index contributed by atoms with van der Waals surface area (Å²) in [4.78, 5) is 33.5. The Morgan fingerprint density at radius 3 is 1.85 bits per heavy atom. The van der Waals surface area contributed by atoms with Crippen LogP contribution in [-0.4, -0.2) is 49.9 Å². The van der Waals surface area contributed by atoms with Crippen molar-refractivity contribution in [3.63, 3.8) is 0 Å². The molecule has 0 radical (unpaired) electrons. The molecule has 0 aromatic heterocycles. The van der Waals surface area contributed by atoms with E-state index < -0.39 is 11.4 Å². The molecule has 204 valence electrons.